The molecule has 2 aromatic carbocycles. The highest BCUT2D eigenvalue weighted by Crippen LogP contribution is 2.21. The van der Waals surface area contributed by atoms with Crippen molar-refractivity contribution >= 4 is 28.6 Å². The van der Waals surface area contributed by atoms with Crippen LogP contribution < -0.4 is 5.32 Å². The van der Waals surface area contributed by atoms with E-state index in [9.17, 15) is 9.59 Å². The molecule has 6 nitrogen and oxygen atoms in total. The van der Waals surface area contributed by atoms with Crippen molar-refractivity contribution in [2.75, 3.05) is 5.32 Å². The van der Waals surface area contributed by atoms with Crippen molar-refractivity contribution in [1.29, 1.82) is 0 Å². The van der Waals surface area contributed by atoms with Gasteiger partial charge in [-0.15, -0.1) is 0 Å². The van der Waals surface area contributed by atoms with Crippen LogP contribution in [0.25, 0.3) is 10.9 Å². The maximum atomic E-state index is 12.5. The first-order valence-electron chi connectivity index (χ1n) is 9.29. The lowest BCUT2D eigenvalue weighted by Gasteiger charge is -2.19. The molecule has 0 aliphatic heterocycles. The molecule has 0 spiro atoms. The van der Waals surface area contributed by atoms with Gasteiger partial charge in [0.1, 0.15) is 5.60 Å². The number of fused-ring (bicyclic) bond motifs is 1. The number of nitrogens with zero attached hydrogens (tertiary/aromatic N) is 2. The first kappa shape index (κ1) is 19.6. The number of amides is 1. The standard InChI is InChI=1S/C22H25N3O3/c1-15(12-16-8-6-5-7-9-16)20(26)24-18-10-11-19-17(13-18)14-23-25(19)21(27)28-22(2,3)4/h5-11,13-15H,12H2,1-4H3,(H,24,26). The summed E-state index contributed by atoms with van der Waals surface area (Å²) in [5, 5.41) is 7.81. The van der Waals surface area contributed by atoms with Crippen molar-refractivity contribution in [3.8, 4) is 0 Å². The Labute approximate surface area is 164 Å². The van der Waals surface area contributed by atoms with Gasteiger partial charge in [0.15, 0.2) is 0 Å². The number of rotatable bonds is 4. The molecule has 0 bridgehead atoms. The Balaban J connectivity index is 1.71. The van der Waals surface area contributed by atoms with E-state index >= 15 is 0 Å². The fourth-order valence-electron chi connectivity index (χ4n) is 2.89. The second-order valence-corrected chi connectivity index (χ2v) is 7.89. The van der Waals surface area contributed by atoms with Gasteiger partial charge >= 0.3 is 6.09 Å². The largest absolute Gasteiger partial charge is 0.442 e. The van der Waals surface area contributed by atoms with Crippen LogP contribution in [0.3, 0.4) is 0 Å². The van der Waals surface area contributed by atoms with Crippen LogP contribution in [0.4, 0.5) is 10.5 Å². The molecule has 146 valence electrons. The normalized spacial score (nSPS) is 12.6. The van der Waals surface area contributed by atoms with Crippen LogP contribution in [0.2, 0.25) is 0 Å². The number of ether oxygens (including phenoxy) is 1. The molecule has 28 heavy (non-hydrogen) atoms. The molecule has 1 atom stereocenters. The number of hydrogen-bond donors (Lipinski definition) is 1. The van der Waals surface area contributed by atoms with E-state index in [2.05, 4.69) is 10.4 Å². The summed E-state index contributed by atoms with van der Waals surface area (Å²) in [6.45, 7) is 7.32. The number of carbonyl (C=O) groups excluding carboxylic acids is 2. The highest BCUT2D eigenvalue weighted by molar-refractivity contribution is 5.96. The molecule has 3 rings (SSSR count). The fraction of sp³-hybridized carbons (Fsp3) is 0.318. The predicted molar refractivity (Wildman–Crippen MR) is 109 cm³/mol. The van der Waals surface area contributed by atoms with Gasteiger partial charge in [0, 0.05) is 17.0 Å². The van der Waals surface area contributed by atoms with E-state index in [1.165, 1.54) is 4.68 Å². The lowest BCUT2D eigenvalue weighted by atomic mass is 10.0. The molecule has 1 aromatic heterocycles. The van der Waals surface area contributed by atoms with E-state index in [1.54, 1.807) is 45.2 Å². The summed E-state index contributed by atoms with van der Waals surface area (Å²) in [7, 11) is 0. The summed E-state index contributed by atoms with van der Waals surface area (Å²) < 4.78 is 6.59. The van der Waals surface area contributed by atoms with Crippen LogP contribution in [0.15, 0.2) is 54.7 Å². The maximum absolute atomic E-state index is 12.5. The number of benzene rings is 2. The van der Waals surface area contributed by atoms with E-state index in [0.29, 0.717) is 17.6 Å². The van der Waals surface area contributed by atoms with Gasteiger partial charge in [-0.25, -0.2) is 4.79 Å². The number of carbonyl (C=O) groups is 2. The van der Waals surface area contributed by atoms with Gasteiger partial charge in [-0.3, -0.25) is 4.79 Å². The molecule has 0 aliphatic rings. The summed E-state index contributed by atoms with van der Waals surface area (Å²) in [6.07, 6.45) is 1.73. The molecule has 1 unspecified atom stereocenters. The zero-order valence-electron chi connectivity index (χ0n) is 16.6. The first-order chi connectivity index (χ1) is 13.2. The molecule has 0 radical (unpaired) electrons. The third-order valence-corrected chi connectivity index (χ3v) is 4.23. The van der Waals surface area contributed by atoms with Crippen LogP contribution in [0.5, 0.6) is 0 Å². The van der Waals surface area contributed by atoms with Crippen molar-refractivity contribution in [3.63, 3.8) is 0 Å². The van der Waals surface area contributed by atoms with Crippen LogP contribution in [-0.4, -0.2) is 27.4 Å². The van der Waals surface area contributed by atoms with Crippen molar-refractivity contribution in [1.82, 2.24) is 9.78 Å². The van der Waals surface area contributed by atoms with E-state index < -0.39 is 11.7 Å². The molecule has 0 fully saturated rings. The average molecular weight is 379 g/mol. The minimum Gasteiger partial charge on any atom is -0.442 e. The zero-order valence-corrected chi connectivity index (χ0v) is 16.6. The monoisotopic (exact) mass is 379 g/mol. The van der Waals surface area contributed by atoms with E-state index in [1.807, 2.05) is 37.3 Å². The highest BCUT2D eigenvalue weighted by atomic mass is 16.6. The van der Waals surface area contributed by atoms with Gasteiger partial charge in [0.05, 0.1) is 11.7 Å². The Bertz CT molecular complexity index is 987. The second-order valence-electron chi connectivity index (χ2n) is 7.89. The summed E-state index contributed by atoms with van der Waals surface area (Å²) in [5.41, 5.74) is 1.82. The Kier molecular flexibility index (Phi) is 5.49. The average Bonchev–Trinajstić information content (AvgIpc) is 3.04. The van der Waals surface area contributed by atoms with Crippen LogP contribution in [0, 0.1) is 5.92 Å². The van der Waals surface area contributed by atoms with Crippen molar-refractivity contribution in [3.05, 3.63) is 60.3 Å². The van der Waals surface area contributed by atoms with Gasteiger partial charge in [-0.1, -0.05) is 37.3 Å². The number of aromatic nitrogens is 2. The summed E-state index contributed by atoms with van der Waals surface area (Å²) in [4.78, 5) is 24.8. The molecule has 1 N–H and O–H groups in total. The summed E-state index contributed by atoms with van der Waals surface area (Å²) in [6, 6.07) is 15.2. The van der Waals surface area contributed by atoms with Gasteiger partial charge in [-0.2, -0.15) is 9.78 Å². The first-order valence-corrected chi connectivity index (χ1v) is 9.29. The number of anilines is 1. The topological polar surface area (TPSA) is 73.2 Å². The minimum absolute atomic E-state index is 0.0530. The molecule has 1 amide bonds. The fourth-order valence-corrected chi connectivity index (χ4v) is 2.89. The van der Waals surface area contributed by atoms with Crippen molar-refractivity contribution in [2.45, 2.75) is 39.7 Å². The van der Waals surface area contributed by atoms with Gasteiger partial charge < -0.3 is 10.1 Å². The quantitative estimate of drug-likeness (QED) is 0.717. The third kappa shape index (κ3) is 4.76. The number of nitrogens with one attached hydrogen (secondary N) is 1. The Morgan fingerprint density at radius 2 is 1.86 bits per heavy atom. The van der Waals surface area contributed by atoms with E-state index in [4.69, 9.17) is 4.74 Å². The van der Waals surface area contributed by atoms with Crippen molar-refractivity contribution in [2.24, 2.45) is 5.92 Å². The molecule has 6 heteroatoms. The molecule has 0 saturated carbocycles. The van der Waals surface area contributed by atoms with Crippen molar-refractivity contribution < 1.29 is 14.3 Å². The minimum atomic E-state index is -0.599. The molecule has 1 heterocycles. The summed E-state index contributed by atoms with van der Waals surface area (Å²) >= 11 is 0. The smallest absolute Gasteiger partial charge is 0.435 e. The Hall–Kier alpha value is -3.15. The number of hydrogen-bond acceptors (Lipinski definition) is 4. The molecule has 3 aromatic rings. The third-order valence-electron chi connectivity index (χ3n) is 4.23. The molecule has 0 saturated heterocycles. The molecule has 0 aliphatic carbocycles. The highest BCUT2D eigenvalue weighted by Gasteiger charge is 2.20. The van der Waals surface area contributed by atoms with Crippen LogP contribution in [-0.2, 0) is 16.0 Å². The second kappa shape index (κ2) is 7.84. The lowest BCUT2D eigenvalue weighted by molar-refractivity contribution is -0.119. The lowest BCUT2D eigenvalue weighted by Crippen LogP contribution is -2.27. The predicted octanol–water partition coefficient (Wildman–Crippen LogP) is 4.64. The Morgan fingerprint density at radius 3 is 2.54 bits per heavy atom. The maximum Gasteiger partial charge on any atom is 0.435 e. The zero-order chi connectivity index (χ0) is 20.3. The van der Waals surface area contributed by atoms with Gasteiger partial charge in [0.25, 0.3) is 0 Å². The van der Waals surface area contributed by atoms with E-state index in [-0.39, 0.29) is 11.8 Å². The van der Waals surface area contributed by atoms with Crippen LogP contribution >= 0.6 is 0 Å². The molecular formula is C22H25N3O3. The van der Waals surface area contributed by atoms with Gasteiger partial charge in [-0.05, 0) is 51.0 Å². The molecular weight excluding hydrogens is 354 g/mol. The SMILES string of the molecule is CC(Cc1ccccc1)C(=O)Nc1ccc2c(cnn2C(=O)OC(C)(C)C)c1. The van der Waals surface area contributed by atoms with Crippen LogP contribution in [0.1, 0.15) is 33.3 Å². The van der Waals surface area contributed by atoms with E-state index in [0.717, 1.165) is 10.9 Å². The Morgan fingerprint density at radius 1 is 1.14 bits per heavy atom. The van der Waals surface area contributed by atoms with Gasteiger partial charge in [0.2, 0.25) is 5.91 Å². The summed E-state index contributed by atoms with van der Waals surface area (Å²) in [5.74, 6) is -0.217.